The number of unbranched alkanes of at least 4 members (excludes halogenated alkanes) is 7. The lowest BCUT2D eigenvalue weighted by molar-refractivity contribution is -0.143. The van der Waals surface area contributed by atoms with Crippen LogP contribution in [0.15, 0.2) is 0 Å². The van der Waals surface area contributed by atoms with Gasteiger partial charge >= 0.3 is 5.97 Å². The van der Waals surface area contributed by atoms with E-state index in [4.69, 9.17) is 4.74 Å². The van der Waals surface area contributed by atoms with Gasteiger partial charge in [-0.25, -0.2) is 0 Å². The van der Waals surface area contributed by atoms with Gasteiger partial charge < -0.3 is 4.74 Å². The average Bonchev–Trinajstić information content (AvgIpc) is 2.56. The first-order chi connectivity index (χ1) is 11.6. The second-order valence-electron chi connectivity index (χ2n) is 6.73. The average molecular weight is 564 g/mol. The van der Waals surface area contributed by atoms with Gasteiger partial charge in [-0.15, -0.1) is 0 Å². The third-order valence-corrected chi connectivity index (χ3v) is 6.86. The van der Waals surface area contributed by atoms with Gasteiger partial charge in [0.1, 0.15) is 0 Å². The molecule has 0 heterocycles. The van der Waals surface area contributed by atoms with E-state index in [9.17, 15) is 4.79 Å². The first kappa shape index (κ1) is 24.9. The maximum Gasteiger partial charge on any atom is 0.305 e. The normalized spacial score (nSPS) is 13.7. The molecule has 0 bridgehead atoms. The zero-order valence-corrected chi connectivity index (χ0v) is 20.1. The number of esters is 1. The Morgan fingerprint density at radius 1 is 0.750 bits per heavy atom. The largest absolute Gasteiger partial charge is 0.466 e. The van der Waals surface area contributed by atoms with E-state index in [0.717, 1.165) is 14.3 Å². The number of carbonyl (C=O) groups is 1. The van der Waals surface area contributed by atoms with Gasteiger partial charge in [0.05, 0.1) is 6.61 Å². The van der Waals surface area contributed by atoms with Crippen molar-refractivity contribution >= 4 is 51.2 Å². The second kappa shape index (κ2) is 18.7. The predicted octanol–water partition coefficient (Wildman–Crippen LogP) is 7.64. The molecule has 0 saturated carbocycles. The van der Waals surface area contributed by atoms with Crippen LogP contribution in [0.2, 0.25) is 0 Å². The number of halogens is 2. The molecular formula is C20H38I2O2. The Labute approximate surface area is 177 Å². The molecule has 2 atom stereocenters. The summed E-state index contributed by atoms with van der Waals surface area (Å²) in [5.74, 6) is -0.0338. The minimum absolute atomic E-state index is 0.0338. The van der Waals surface area contributed by atoms with Crippen LogP contribution in [0.3, 0.4) is 0 Å². The van der Waals surface area contributed by atoms with Crippen LogP contribution in [-0.2, 0) is 9.53 Å². The molecule has 0 spiro atoms. The van der Waals surface area contributed by atoms with Gasteiger partial charge in [-0.05, 0) is 39.0 Å². The van der Waals surface area contributed by atoms with Crippen molar-refractivity contribution < 1.29 is 9.53 Å². The fraction of sp³-hybridized carbons (Fsp3) is 0.950. The lowest BCUT2D eigenvalue weighted by Crippen LogP contribution is -2.04. The Morgan fingerprint density at radius 3 is 1.79 bits per heavy atom. The summed E-state index contributed by atoms with van der Waals surface area (Å²) in [7, 11) is 0. The van der Waals surface area contributed by atoms with Gasteiger partial charge in [0.25, 0.3) is 0 Å². The SMILES string of the molecule is CCCCCC(I)CCC(I)CCCCCCCCC(=O)OCC. The molecule has 0 aromatic rings. The molecule has 0 rings (SSSR count). The van der Waals surface area contributed by atoms with Crippen LogP contribution in [0.25, 0.3) is 0 Å². The van der Waals surface area contributed by atoms with E-state index in [1.54, 1.807) is 0 Å². The minimum Gasteiger partial charge on any atom is -0.466 e. The number of alkyl halides is 2. The highest BCUT2D eigenvalue weighted by atomic mass is 127. The van der Waals surface area contributed by atoms with Crippen LogP contribution in [0.1, 0.15) is 104 Å². The van der Waals surface area contributed by atoms with E-state index in [0.29, 0.717) is 13.0 Å². The fourth-order valence-corrected chi connectivity index (χ4v) is 4.44. The van der Waals surface area contributed by atoms with E-state index >= 15 is 0 Å². The molecule has 2 nitrogen and oxygen atoms in total. The monoisotopic (exact) mass is 564 g/mol. The van der Waals surface area contributed by atoms with E-state index < -0.39 is 0 Å². The molecule has 24 heavy (non-hydrogen) atoms. The lowest BCUT2D eigenvalue weighted by Gasteiger charge is -2.13. The molecular weight excluding hydrogens is 526 g/mol. The number of rotatable bonds is 17. The zero-order valence-electron chi connectivity index (χ0n) is 15.8. The Hall–Kier alpha value is 0.930. The Balaban J connectivity index is 3.34. The molecule has 0 aliphatic heterocycles. The highest BCUT2D eigenvalue weighted by Gasteiger charge is 2.09. The highest BCUT2D eigenvalue weighted by Crippen LogP contribution is 2.23. The fourth-order valence-electron chi connectivity index (χ4n) is 2.84. The molecule has 0 aliphatic carbocycles. The molecule has 0 fully saturated rings. The Morgan fingerprint density at radius 2 is 1.25 bits per heavy atom. The van der Waals surface area contributed by atoms with Gasteiger partial charge in [0, 0.05) is 14.3 Å². The number of hydrogen-bond donors (Lipinski definition) is 0. The molecule has 0 N–H and O–H groups in total. The van der Waals surface area contributed by atoms with Gasteiger partial charge in [-0.1, -0.05) is 103 Å². The quantitative estimate of drug-likeness (QED) is 0.0786. The van der Waals surface area contributed by atoms with Crippen molar-refractivity contribution in [2.75, 3.05) is 6.61 Å². The second-order valence-corrected chi connectivity index (χ2v) is 10.3. The van der Waals surface area contributed by atoms with Crippen LogP contribution in [0, 0.1) is 0 Å². The van der Waals surface area contributed by atoms with Gasteiger partial charge in [-0.3, -0.25) is 4.79 Å². The van der Waals surface area contributed by atoms with Gasteiger partial charge in [0.15, 0.2) is 0 Å². The van der Waals surface area contributed by atoms with E-state index in [2.05, 4.69) is 52.1 Å². The molecule has 144 valence electrons. The van der Waals surface area contributed by atoms with Crippen molar-refractivity contribution in [1.82, 2.24) is 0 Å². The smallest absolute Gasteiger partial charge is 0.305 e. The van der Waals surface area contributed by atoms with Crippen molar-refractivity contribution in [3.05, 3.63) is 0 Å². The van der Waals surface area contributed by atoms with Gasteiger partial charge in [0.2, 0.25) is 0 Å². The standard InChI is InChI=1S/C20H38I2O2/c1-3-5-10-13-18(21)16-17-19(22)14-11-8-6-7-9-12-15-20(23)24-4-2/h18-19H,3-17H2,1-2H3. The first-order valence-corrected chi connectivity index (χ1v) is 12.5. The van der Waals surface area contributed by atoms with E-state index in [1.807, 2.05) is 6.92 Å². The number of hydrogen-bond acceptors (Lipinski definition) is 2. The summed E-state index contributed by atoms with van der Waals surface area (Å²) in [5.41, 5.74) is 0. The third kappa shape index (κ3) is 17.7. The summed E-state index contributed by atoms with van der Waals surface area (Å²) >= 11 is 5.31. The van der Waals surface area contributed by atoms with Crippen molar-refractivity contribution in [3.8, 4) is 0 Å². The molecule has 0 aliphatic rings. The van der Waals surface area contributed by atoms with Crippen molar-refractivity contribution in [3.63, 3.8) is 0 Å². The van der Waals surface area contributed by atoms with Crippen LogP contribution < -0.4 is 0 Å². The van der Waals surface area contributed by atoms with E-state index in [1.165, 1.54) is 77.0 Å². The van der Waals surface area contributed by atoms with Gasteiger partial charge in [-0.2, -0.15) is 0 Å². The Bertz CT molecular complexity index is 285. The summed E-state index contributed by atoms with van der Waals surface area (Å²) in [6.45, 7) is 4.65. The van der Waals surface area contributed by atoms with Crippen LogP contribution in [0.4, 0.5) is 0 Å². The highest BCUT2D eigenvalue weighted by molar-refractivity contribution is 14.1. The summed E-state index contributed by atoms with van der Waals surface area (Å²) in [5, 5.41) is 0. The molecule has 0 saturated heterocycles. The summed E-state index contributed by atoms with van der Waals surface area (Å²) < 4.78 is 6.68. The maximum absolute atomic E-state index is 11.2. The summed E-state index contributed by atoms with van der Waals surface area (Å²) in [6.07, 6.45) is 17.8. The molecule has 0 aromatic heterocycles. The van der Waals surface area contributed by atoms with E-state index in [-0.39, 0.29) is 5.97 Å². The van der Waals surface area contributed by atoms with Crippen molar-refractivity contribution in [2.45, 2.75) is 112 Å². The first-order valence-electron chi connectivity index (χ1n) is 10.0. The molecule has 2 unspecified atom stereocenters. The topological polar surface area (TPSA) is 26.3 Å². The lowest BCUT2D eigenvalue weighted by atomic mass is 10.0. The number of carbonyl (C=O) groups excluding carboxylic acids is 1. The van der Waals surface area contributed by atoms with Crippen LogP contribution in [-0.4, -0.2) is 20.4 Å². The molecule has 0 amide bonds. The predicted molar refractivity (Wildman–Crippen MR) is 123 cm³/mol. The van der Waals surface area contributed by atoms with Crippen molar-refractivity contribution in [2.24, 2.45) is 0 Å². The Kier molecular flexibility index (Phi) is 19.4. The molecule has 4 heteroatoms. The summed E-state index contributed by atoms with van der Waals surface area (Å²) in [4.78, 5) is 11.2. The maximum atomic E-state index is 11.2. The molecule has 0 aromatic carbocycles. The molecule has 0 radical (unpaired) electrons. The van der Waals surface area contributed by atoms with Crippen LogP contribution >= 0.6 is 45.2 Å². The summed E-state index contributed by atoms with van der Waals surface area (Å²) in [6, 6.07) is 0. The third-order valence-electron chi connectivity index (χ3n) is 4.37. The van der Waals surface area contributed by atoms with Crippen molar-refractivity contribution in [1.29, 1.82) is 0 Å². The van der Waals surface area contributed by atoms with Crippen LogP contribution in [0.5, 0.6) is 0 Å². The zero-order chi connectivity index (χ0) is 18.0. The minimum atomic E-state index is -0.0338. The number of ether oxygens (including phenoxy) is 1.